The maximum Gasteiger partial charge on any atom is 0.0371 e. The van der Waals surface area contributed by atoms with Gasteiger partial charge in [0.25, 0.3) is 0 Å². The van der Waals surface area contributed by atoms with Gasteiger partial charge < -0.3 is 10.2 Å². The van der Waals surface area contributed by atoms with Crippen LogP contribution in [0.15, 0.2) is 52.3 Å². The lowest BCUT2D eigenvalue weighted by Gasteiger charge is -2.38. The Hall–Kier alpha value is -1.49. The van der Waals surface area contributed by atoms with E-state index in [2.05, 4.69) is 78.4 Å². The van der Waals surface area contributed by atoms with Gasteiger partial charge >= 0.3 is 0 Å². The van der Waals surface area contributed by atoms with Gasteiger partial charge in [-0.3, -0.25) is 4.90 Å². The molecule has 140 valence electrons. The third-order valence-electron chi connectivity index (χ3n) is 5.07. The van der Waals surface area contributed by atoms with Gasteiger partial charge in [-0.2, -0.15) is 0 Å². The van der Waals surface area contributed by atoms with E-state index in [1.54, 1.807) is 0 Å². The monoisotopic (exact) mass is 369 g/mol. The van der Waals surface area contributed by atoms with Gasteiger partial charge in [-0.15, -0.1) is 0 Å². The van der Waals surface area contributed by atoms with Crippen LogP contribution in [0.2, 0.25) is 0 Å². The van der Waals surface area contributed by atoms with Gasteiger partial charge in [-0.25, -0.2) is 0 Å². The largest absolute Gasteiger partial charge is 0.369 e. The number of rotatable bonds is 6. The van der Waals surface area contributed by atoms with E-state index in [0.717, 1.165) is 32.7 Å². The average Bonchev–Trinajstić information content (AvgIpc) is 2.65. The van der Waals surface area contributed by atoms with Crippen molar-refractivity contribution in [3.8, 4) is 0 Å². The quantitative estimate of drug-likeness (QED) is 0.813. The van der Waals surface area contributed by atoms with E-state index >= 15 is 0 Å². The van der Waals surface area contributed by atoms with Crippen LogP contribution >= 0.6 is 11.8 Å². The molecule has 0 spiro atoms. The van der Waals surface area contributed by atoms with Gasteiger partial charge in [0.05, 0.1) is 0 Å². The maximum atomic E-state index is 3.33. The van der Waals surface area contributed by atoms with E-state index in [4.69, 9.17) is 0 Å². The van der Waals surface area contributed by atoms with Crippen molar-refractivity contribution in [1.82, 2.24) is 10.2 Å². The van der Waals surface area contributed by atoms with E-state index in [0.29, 0.717) is 6.04 Å². The van der Waals surface area contributed by atoms with Crippen molar-refractivity contribution in [2.45, 2.75) is 43.1 Å². The van der Waals surface area contributed by atoms with Crippen LogP contribution in [0.3, 0.4) is 0 Å². The summed E-state index contributed by atoms with van der Waals surface area (Å²) in [6.45, 7) is 12.1. The first-order valence-corrected chi connectivity index (χ1v) is 10.4. The van der Waals surface area contributed by atoms with E-state index in [-0.39, 0.29) is 0 Å². The van der Waals surface area contributed by atoms with E-state index < -0.39 is 0 Å². The number of aryl methyl sites for hydroxylation is 1. The minimum atomic E-state index is 0.644. The number of piperazine rings is 1. The molecular weight excluding hydrogens is 338 g/mol. The number of hydrogen-bond acceptors (Lipinski definition) is 4. The Balaban J connectivity index is 1.75. The Bertz CT molecular complexity index is 704. The standard InChI is InChI=1S/C22H31N3S/c1-17(2)24-11-13-25(14-12-24)20-7-10-22(19(15-20)16-23-4)26-21-8-5-18(3)6-9-21/h5-10,15,17,23H,11-14,16H2,1-4H3. The second-order valence-electron chi connectivity index (χ2n) is 7.35. The smallest absolute Gasteiger partial charge is 0.0371 e. The van der Waals surface area contributed by atoms with Crippen molar-refractivity contribution in [2.24, 2.45) is 0 Å². The summed E-state index contributed by atoms with van der Waals surface area (Å²) >= 11 is 1.86. The third kappa shape index (κ3) is 4.81. The van der Waals surface area contributed by atoms with E-state index in [9.17, 15) is 0 Å². The minimum absolute atomic E-state index is 0.644. The van der Waals surface area contributed by atoms with Gasteiger partial charge in [-0.1, -0.05) is 29.5 Å². The SMILES string of the molecule is CNCc1cc(N2CCN(C(C)C)CC2)ccc1Sc1ccc(C)cc1. The van der Waals surface area contributed by atoms with Crippen LogP contribution in [0.1, 0.15) is 25.0 Å². The lowest BCUT2D eigenvalue weighted by atomic mass is 10.1. The van der Waals surface area contributed by atoms with Gasteiger partial charge in [-0.05, 0) is 63.7 Å². The van der Waals surface area contributed by atoms with Crippen LogP contribution in [0.4, 0.5) is 5.69 Å². The highest BCUT2D eigenvalue weighted by Gasteiger charge is 2.19. The van der Waals surface area contributed by atoms with Gasteiger partial charge in [0, 0.05) is 54.2 Å². The molecule has 0 amide bonds. The summed E-state index contributed by atoms with van der Waals surface area (Å²) in [5.41, 5.74) is 4.04. The zero-order valence-electron chi connectivity index (χ0n) is 16.5. The molecule has 3 rings (SSSR count). The van der Waals surface area contributed by atoms with Crippen molar-refractivity contribution in [3.05, 3.63) is 53.6 Å². The Morgan fingerprint density at radius 2 is 1.69 bits per heavy atom. The molecule has 0 atom stereocenters. The van der Waals surface area contributed by atoms with Crippen LogP contribution in [-0.4, -0.2) is 44.2 Å². The lowest BCUT2D eigenvalue weighted by Crippen LogP contribution is -2.48. The summed E-state index contributed by atoms with van der Waals surface area (Å²) < 4.78 is 0. The van der Waals surface area contributed by atoms with Crippen LogP contribution in [0, 0.1) is 6.92 Å². The predicted molar refractivity (Wildman–Crippen MR) is 113 cm³/mol. The molecule has 0 aliphatic carbocycles. The fourth-order valence-electron chi connectivity index (χ4n) is 3.42. The molecule has 1 N–H and O–H groups in total. The molecule has 1 aliphatic rings. The average molecular weight is 370 g/mol. The Kier molecular flexibility index (Phi) is 6.63. The fraction of sp³-hybridized carbons (Fsp3) is 0.455. The van der Waals surface area contributed by atoms with Crippen molar-refractivity contribution in [1.29, 1.82) is 0 Å². The highest BCUT2D eigenvalue weighted by Crippen LogP contribution is 2.33. The number of anilines is 1. The summed E-state index contributed by atoms with van der Waals surface area (Å²) in [6.07, 6.45) is 0. The van der Waals surface area contributed by atoms with Gasteiger partial charge in [0.2, 0.25) is 0 Å². The highest BCUT2D eigenvalue weighted by atomic mass is 32.2. The summed E-state index contributed by atoms with van der Waals surface area (Å²) in [5.74, 6) is 0. The number of benzene rings is 2. The number of hydrogen-bond donors (Lipinski definition) is 1. The molecule has 0 unspecified atom stereocenters. The molecule has 26 heavy (non-hydrogen) atoms. The van der Waals surface area contributed by atoms with Crippen molar-refractivity contribution < 1.29 is 0 Å². The lowest BCUT2D eigenvalue weighted by molar-refractivity contribution is 0.209. The Labute approximate surface area is 162 Å². The molecule has 1 heterocycles. The molecule has 1 saturated heterocycles. The first kappa shape index (κ1) is 19.3. The van der Waals surface area contributed by atoms with Crippen LogP contribution < -0.4 is 10.2 Å². The Morgan fingerprint density at radius 1 is 1.00 bits per heavy atom. The summed E-state index contributed by atoms with van der Waals surface area (Å²) in [6, 6.07) is 16.4. The first-order valence-electron chi connectivity index (χ1n) is 9.58. The zero-order chi connectivity index (χ0) is 18.5. The third-order valence-corrected chi connectivity index (χ3v) is 6.20. The van der Waals surface area contributed by atoms with Crippen molar-refractivity contribution in [3.63, 3.8) is 0 Å². The van der Waals surface area contributed by atoms with Crippen LogP contribution in [0.5, 0.6) is 0 Å². The molecular formula is C22H31N3S. The number of nitrogens with zero attached hydrogens (tertiary/aromatic N) is 2. The second-order valence-corrected chi connectivity index (χ2v) is 8.47. The molecule has 2 aromatic rings. The van der Waals surface area contributed by atoms with E-state index in [1.807, 2.05) is 18.8 Å². The molecule has 0 aromatic heterocycles. The molecule has 0 saturated carbocycles. The Morgan fingerprint density at radius 3 is 2.31 bits per heavy atom. The second kappa shape index (κ2) is 8.94. The molecule has 0 radical (unpaired) electrons. The normalized spacial score (nSPS) is 15.7. The van der Waals surface area contributed by atoms with Gasteiger partial charge in [0.15, 0.2) is 0 Å². The molecule has 2 aromatic carbocycles. The first-order chi connectivity index (χ1) is 12.6. The minimum Gasteiger partial charge on any atom is -0.369 e. The maximum absolute atomic E-state index is 3.33. The van der Waals surface area contributed by atoms with Crippen LogP contribution in [-0.2, 0) is 6.54 Å². The summed E-state index contributed by atoms with van der Waals surface area (Å²) in [5, 5.41) is 3.33. The number of nitrogens with one attached hydrogen (secondary N) is 1. The van der Waals surface area contributed by atoms with Crippen molar-refractivity contribution >= 4 is 17.4 Å². The molecule has 4 heteroatoms. The topological polar surface area (TPSA) is 18.5 Å². The highest BCUT2D eigenvalue weighted by molar-refractivity contribution is 7.99. The fourth-order valence-corrected chi connectivity index (χ4v) is 4.34. The van der Waals surface area contributed by atoms with E-state index in [1.165, 1.54) is 26.6 Å². The molecule has 1 fully saturated rings. The summed E-state index contributed by atoms with van der Waals surface area (Å²) in [7, 11) is 2.02. The molecule has 0 bridgehead atoms. The zero-order valence-corrected chi connectivity index (χ0v) is 17.3. The van der Waals surface area contributed by atoms with Crippen LogP contribution in [0.25, 0.3) is 0 Å². The van der Waals surface area contributed by atoms with Crippen molar-refractivity contribution in [2.75, 3.05) is 38.1 Å². The van der Waals surface area contributed by atoms with Gasteiger partial charge in [0.1, 0.15) is 0 Å². The predicted octanol–water partition coefficient (Wildman–Crippen LogP) is 4.40. The summed E-state index contributed by atoms with van der Waals surface area (Å²) in [4.78, 5) is 7.73. The molecule has 3 nitrogen and oxygen atoms in total. The molecule has 1 aliphatic heterocycles.